The van der Waals surface area contributed by atoms with E-state index in [0.29, 0.717) is 0 Å². The molecule has 3 nitrogen and oxygen atoms in total. The number of anilines is 9. The van der Waals surface area contributed by atoms with Crippen LogP contribution in [0.1, 0.15) is 31.9 Å². The lowest BCUT2D eigenvalue weighted by molar-refractivity contribution is 0.590. The van der Waals surface area contributed by atoms with E-state index >= 15 is 0 Å². The van der Waals surface area contributed by atoms with E-state index in [2.05, 4.69) is 212 Å². The molecule has 0 N–H and O–H groups in total. The molecule has 260 valence electrons. The lowest BCUT2D eigenvalue weighted by Crippen LogP contribution is -2.60. The minimum atomic E-state index is 0.0430. The summed E-state index contributed by atoms with van der Waals surface area (Å²) in [7, 11) is 0. The van der Waals surface area contributed by atoms with Gasteiger partial charge in [-0.2, -0.15) is 0 Å². The Bertz CT molecular complexity index is 2640. The number of benzene rings is 7. The van der Waals surface area contributed by atoms with Crippen LogP contribution in [0, 0.1) is 6.92 Å². The molecule has 0 amide bonds. The normalized spacial score (nSPS) is 13.1. The molecular weight excluding hydrogens is 673 g/mol. The second-order valence-corrected chi connectivity index (χ2v) is 16.5. The fourth-order valence-corrected chi connectivity index (χ4v) is 9.89. The smallest absolute Gasteiger partial charge is 0.264 e. The molecule has 10 rings (SSSR count). The van der Waals surface area contributed by atoms with Gasteiger partial charge in [-0.25, -0.2) is 0 Å². The van der Waals surface area contributed by atoms with Gasteiger partial charge < -0.3 is 14.7 Å². The van der Waals surface area contributed by atoms with E-state index < -0.39 is 0 Å². The molecule has 0 fully saturated rings. The zero-order chi connectivity index (χ0) is 36.6. The largest absolute Gasteiger partial charge is 0.311 e. The molecule has 0 radical (unpaired) electrons. The summed E-state index contributed by atoms with van der Waals surface area (Å²) in [4.78, 5) is 7.50. The SMILES string of the molecule is Cc1cc(C(C)(C)C)ccc1N1c2cc(N(c3ccccc3)c3ccccc3)cc3c2B(c2ccccc2N3c2ccccc2)c2sc3ccccc3c21. The average Bonchev–Trinajstić information content (AvgIpc) is 3.58. The molecule has 3 heterocycles. The summed E-state index contributed by atoms with van der Waals surface area (Å²) >= 11 is 1.94. The van der Waals surface area contributed by atoms with Gasteiger partial charge in [-0.1, -0.05) is 124 Å². The zero-order valence-electron chi connectivity index (χ0n) is 31.0. The third-order valence-corrected chi connectivity index (χ3v) is 12.3. The summed E-state index contributed by atoms with van der Waals surface area (Å²) in [6, 6.07) is 62.5. The summed E-state index contributed by atoms with van der Waals surface area (Å²) in [6.45, 7) is 9.25. The van der Waals surface area contributed by atoms with Crippen LogP contribution in [-0.2, 0) is 5.41 Å². The summed E-state index contributed by atoms with van der Waals surface area (Å²) < 4.78 is 2.70. The maximum atomic E-state index is 2.60. The van der Waals surface area contributed by atoms with Crippen LogP contribution in [0.2, 0.25) is 0 Å². The van der Waals surface area contributed by atoms with Crippen molar-refractivity contribution in [2.45, 2.75) is 33.1 Å². The molecule has 7 aromatic carbocycles. The second kappa shape index (κ2) is 12.5. The highest BCUT2D eigenvalue weighted by molar-refractivity contribution is 7.33. The maximum Gasteiger partial charge on any atom is 0.264 e. The van der Waals surface area contributed by atoms with Crippen LogP contribution in [0.15, 0.2) is 170 Å². The predicted octanol–water partition coefficient (Wildman–Crippen LogP) is 12.1. The van der Waals surface area contributed by atoms with Crippen LogP contribution in [0.3, 0.4) is 0 Å². The Morgan fingerprint density at radius 2 is 1.13 bits per heavy atom. The van der Waals surface area contributed by atoms with Crippen molar-refractivity contribution in [3.8, 4) is 0 Å². The Labute approximate surface area is 322 Å². The first-order valence-electron chi connectivity index (χ1n) is 18.8. The van der Waals surface area contributed by atoms with Gasteiger partial charge in [-0.3, -0.25) is 0 Å². The van der Waals surface area contributed by atoms with E-state index in [0.717, 1.165) is 22.7 Å². The molecule has 0 unspecified atom stereocenters. The second-order valence-electron chi connectivity index (χ2n) is 15.5. The predicted molar refractivity (Wildman–Crippen MR) is 234 cm³/mol. The summed E-state index contributed by atoms with van der Waals surface area (Å²) in [5, 5.41) is 1.29. The lowest BCUT2D eigenvalue weighted by atomic mass is 9.36. The number of thiophene rings is 1. The quantitative estimate of drug-likeness (QED) is 0.164. The van der Waals surface area contributed by atoms with Crippen molar-refractivity contribution in [2.24, 2.45) is 0 Å². The Hall–Kier alpha value is -6.04. The van der Waals surface area contributed by atoms with Gasteiger partial charge in [0.05, 0.1) is 11.4 Å². The van der Waals surface area contributed by atoms with Crippen molar-refractivity contribution >= 4 is 95.0 Å². The van der Waals surface area contributed by atoms with Crippen LogP contribution < -0.4 is 30.4 Å². The van der Waals surface area contributed by atoms with Crippen molar-refractivity contribution in [2.75, 3.05) is 14.7 Å². The van der Waals surface area contributed by atoms with Crippen molar-refractivity contribution in [3.63, 3.8) is 0 Å². The van der Waals surface area contributed by atoms with Gasteiger partial charge >= 0.3 is 0 Å². The van der Waals surface area contributed by atoms with E-state index in [4.69, 9.17) is 0 Å². The molecule has 54 heavy (non-hydrogen) atoms. The molecule has 2 aliphatic rings. The maximum absolute atomic E-state index is 2.60. The lowest BCUT2D eigenvalue weighted by Gasteiger charge is -2.44. The van der Waals surface area contributed by atoms with Crippen LogP contribution in [0.5, 0.6) is 0 Å². The number of aryl methyl sites for hydroxylation is 1. The van der Waals surface area contributed by atoms with Crippen molar-refractivity contribution < 1.29 is 0 Å². The highest BCUT2D eigenvalue weighted by atomic mass is 32.1. The fraction of sp³-hybridized carbons (Fsp3) is 0.102. The average molecular weight is 714 g/mol. The number of para-hydroxylation sites is 4. The number of hydrogen-bond acceptors (Lipinski definition) is 4. The standard InChI is InChI=1S/C49H40BN3S/c1-33-30-34(49(2,3)4)28-29-41(33)53-44-32-38(51(35-18-8-5-9-19-35)36-20-10-6-11-21-36)31-43-46(44)50(48-47(53)39-24-14-17-27-45(39)54-48)40-25-15-16-26-42(40)52(43)37-22-12-7-13-23-37/h5-32H,1-4H3. The summed E-state index contributed by atoms with van der Waals surface area (Å²) in [5.74, 6) is 0. The highest BCUT2D eigenvalue weighted by Crippen LogP contribution is 2.51. The Balaban J connectivity index is 1.35. The van der Waals surface area contributed by atoms with Gasteiger partial charge in [0.2, 0.25) is 0 Å². The van der Waals surface area contributed by atoms with E-state index in [1.54, 1.807) is 0 Å². The van der Waals surface area contributed by atoms with E-state index in [-0.39, 0.29) is 12.1 Å². The van der Waals surface area contributed by atoms with Crippen molar-refractivity contribution in [1.82, 2.24) is 0 Å². The minimum absolute atomic E-state index is 0.0430. The third-order valence-electron chi connectivity index (χ3n) is 11.1. The Kier molecular flexibility index (Phi) is 7.57. The molecule has 0 saturated heterocycles. The monoisotopic (exact) mass is 713 g/mol. The molecule has 2 aliphatic heterocycles. The van der Waals surface area contributed by atoms with Crippen molar-refractivity contribution in [1.29, 1.82) is 0 Å². The van der Waals surface area contributed by atoms with Crippen molar-refractivity contribution in [3.05, 3.63) is 181 Å². The third kappa shape index (κ3) is 5.10. The van der Waals surface area contributed by atoms with Crippen LogP contribution in [0.25, 0.3) is 10.1 Å². The Morgan fingerprint density at radius 1 is 0.537 bits per heavy atom. The minimum Gasteiger partial charge on any atom is -0.311 e. The molecule has 0 bridgehead atoms. The van der Waals surface area contributed by atoms with Gasteiger partial charge in [0.15, 0.2) is 0 Å². The van der Waals surface area contributed by atoms with Crippen LogP contribution >= 0.6 is 11.3 Å². The van der Waals surface area contributed by atoms with Crippen LogP contribution in [-0.4, -0.2) is 6.71 Å². The highest BCUT2D eigenvalue weighted by Gasteiger charge is 2.45. The molecule has 5 heteroatoms. The number of hydrogen-bond donors (Lipinski definition) is 0. The van der Waals surface area contributed by atoms with Gasteiger partial charge in [0.25, 0.3) is 6.71 Å². The van der Waals surface area contributed by atoms with E-state index in [1.807, 2.05) is 11.3 Å². The molecule has 1 aromatic heterocycles. The first-order chi connectivity index (χ1) is 26.4. The molecule has 0 atom stereocenters. The number of nitrogens with zero attached hydrogens (tertiary/aromatic N) is 3. The Morgan fingerprint density at radius 3 is 1.80 bits per heavy atom. The zero-order valence-corrected chi connectivity index (χ0v) is 31.8. The topological polar surface area (TPSA) is 9.72 Å². The number of fused-ring (bicyclic) bond motifs is 6. The molecule has 0 saturated carbocycles. The first kappa shape index (κ1) is 32.6. The van der Waals surface area contributed by atoms with Crippen LogP contribution in [0.4, 0.5) is 51.2 Å². The first-order valence-corrected chi connectivity index (χ1v) is 19.6. The molecular formula is C49H40BN3S. The van der Waals surface area contributed by atoms with Gasteiger partial charge in [-0.15, -0.1) is 11.3 Å². The fourth-order valence-electron chi connectivity index (χ4n) is 8.57. The van der Waals surface area contributed by atoms with Gasteiger partial charge in [0.1, 0.15) is 0 Å². The summed E-state index contributed by atoms with van der Waals surface area (Å²) in [5.41, 5.74) is 15.9. The molecule has 8 aromatic rings. The van der Waals surface area contributed by atoms with Gasteiger partial charge in [-0.05, 0) is 101 Å². The molecule has 0 aliphatic carbocycles. The molecule has 0 spiro atoms. The van der Waals surface area contributed by atoms with Gasteiger partial charge in [0, 0.05) is 54.7 Å². The number of rotatable bonds is 5. The van der Waals surface area contributed by atoms with E-state index in [1.165, 1.54) is 65.4 Å². The van der Waals surface area contributed by atoms with E-state index in [9.17, 15) is 0 Å². The summed E-state index contributed by atoms with van der Waals surface area (Å²) in [6.07, 6.45) is 0.